The number of carbonyl (C=O) groups excluding carboxylic acids is 1. The lowest BCUT2D eigenvalue weighted by molar-refractivity contribution is 0.0934. The standard InChI is InChI=1S/C17H17BrClNO/c1-2-6-16(12-7-4-3-5-8-12)20-17(21)13-9-10-14(18)15(19)11-13/h3-5,7-11,16H,2,6H2,1H3,(H,20,21). The van der Waals surface area contributed by atoms with Crippen LogP contribution in [0.3, 0.4) is 0 Å². The van der Waals surface area contributed by atoms with Crippen LogP contribution in [0.2, 0.25) is 5.02 Å². The molecule has 1 N–H and O–H groups in total. The van der Waals surface area contributed by atoms with Crippen molar-refractivity contribution in [3.63, 3.8) is 0 Å². The summed E-state index contributed by atoms with van der Waals surface area (Å²) >= 11 is 9.37. The molecular weight excluding hydrogens is 350 g/mol. The summed E-state index contributed by atoms with van der Waals surface area (Å²) in [6.45, 7) is 2.11. The van der Waals surface area contributed by atoms with E-state index in [4.69, 9.17) is 11.6 Å². The first kappa shape index (κ1) is 16.1. The van der Waals surface area contributed by atoms with Crippen molar-refractivity contribution < 1.29 is 4.79 Å². The second-order valence-corrected chi connectivity index (χ2v) is 6.12. The van der Waals surface area contributed by atoms with Crippen molar-refractivity contribution in [2.45, 2.75) is 25.8 Å². The lowest BCUT2D eigenvalue weighted by Crippen LogP contribution is -2.28. The molecular formula is C17H17BrClNO. The number of amides is 1. The summed E-state index contributed by atoms with van der Waals surface area (Å²) in [4.78, 5) is 12.4. The number of rotatable bonds is 5. The lowest BCUT2D eigenvalue weighted by atomic mass is 10.0. The third-order valence-corrected chi connectivity index (χ3v) is 4.50. The summed E-state index contributed by atoms with van der Waals surface area (Å²) in [5.41, 5.74) is 1.69. The molecule has 1 amide bonds. The Bertz CT molecular complexity index is 615. The molecule has 0 saturated carbocycles. The van der Waals surface area contributed by atoms with Gasteiger partial charge >= 0.3 is 0 Å². The van der Waals surface area contributed by atoms with Crippen LogP contribution in [0.5, 0.6) is 0 Å². The van der Waals surface area contributed by atoms with Crippen LogP contribution < -0.4 is 5.32 Å². The van der Waals surface area contributed by atoms with E-state index in [9.17, 15) is 4.79 Å². The maximum Gasteiger partial charge on any atom is 0.251 e. The second-order valence-electron chi connectivity index (χ2n) is 4.85. The molecule has 2 nitrogen and oxygen atoms in total. The highest BCUT2D eigenvalue weighted by Gasteiger charge is 2.15. The number of halogens is 2. The number of nitrogens with one attached hydrogen (secondary N) is 1. The molecule has 2 aromatic rings. The molecule has 0 saturated heterocycles. The largest absolute Gasteiger partial charge is 0.345 e. The van der Waals surface area contributed by atoms with E-state index in [1.165, 1.54) is 0 Å². The summed E-state index contributed by atoms with van der Waals surface area (Å²) in [5, 5.41) is 3.62. The highest BCUT2D eigenvalue weighted by atomic mass is 79.9. The molecule has 0 aromatic heterocycles. The van der Waals surface area contributed by atoms with Crippen LogP contribution in [0, 0.1) is 0 Å². The van der Waals surface area contributed by atoms with Crippen molar-refractivity contribution in [1.82, 2.24) is 5.32 Å². The van der Waals surface area contributed by atoms with Gasteiger partial charge in [0, 0.05) is 10.0 Å². The quantitative estimate of drug-likeness (QED) is 0.757. The van der Waals surface area contributed by atoms with Crippen LogP contribution in [0.25, 0.3) is 0 Å². The summed E-state index contributed by atoms with van der Waals surface area (Å²) in [5.74, 6) is -0.105. The van der Waals surface area contributed by atoms with Crippen LogP contribution in [0.4, 0.5) is 0 Å². The van der Waals surface area contributed by atoms with Crippen LogP contribution in [0.15, 0.2) is 53.0 Å². The Hall–Kier alpha value is -1.32. The predicted octanol–water partition coefficient (Wildman–Crippen LogP) is 5.37. The van der Waals surface area contributed by atoms with E-state index in [-0.39, 0.29) is 11.9 Å². The Morgan fingerprint density at radius 2 is 1.95 bits per heavy atom. The zero-order valence-corrected chi connectivity index (χ0v) is 14.1. The van der Waals surface area contributed by atoms with Crippen molar-refractivity contribution in [2.75, 3.05) is 0 Å². The van der Waals surface area contributed by atoms with E-state index >= 15 is 0 Å². The molecule has 0 aliphatic carbocycles. The smallest absolute Gasteiger partial charge is 0.251 e. The average molecular weight is 367 g/mol. The van der Waals surface area contributed by atoms with E-state index in [0.717, 1.165) is 22.9 Å². The molecule has 2 aromatic carbocycles. The molecule has 0 aliphatic rings. The third kappa shape index (κ3) is 4.32. The molecule has 0 radical (unpaired) electrons. The van der Waals surface area contributed by atoms with Crippen LogP contribution in [0.1, 0.15) is 41.7 Å². The van der Waals surface area contributed by atoms with Gasteiger partial charge in [-0.3, -0.25) is 4.79 Å². The zero-order chi connectivity index (χ0) is 15.2. The summed E-state index contributed by atoms with van der Waals surface area (Å²) in [7, 11) is 0. The van der Waals surface area contributed by atoms with E-state index in [2.05, 4.69) is 28.2 Å². The van der Waals surface area contributed by atoms with Crippen LogP contribution >= 0.6 is 27.5 Å². The maximum absolute atomic E-state index is 12.4. The van der Waals surface area contributed by atoms with E-state index in [0.29, 0.717) is 10.6 Å². The molecule has 4 heteroatoms. The van der Waals surface area contributed by atoms with Gasteiger partial charge in [0.2, 0.25) is 0 Å². The van der Waals surface area contributed by atoms with Gasteiger partial charge in [0.05, 0.1) is 11.1 Å². The SMILES string of the molecule is CCCC(NC(=O)c1ccc(Br)c(Cl)c1)c1ccccc1. The molecule has 21 heavy (non-hydrogen) atoms. The van der Waals surface area contributed by atoms with Crippen molar-refractivity contribution in [2.24, 2.45) is 0 Å². The Kier molecular flexibility index (Phi) is 5.83. The number of hydrogen-bond acceptors (Lipinski definition) is 1. The van der Waals surface area contributed by atoms with Crippen molar-refractivity contribution >= 4 is 33.4 Å². The van der Waals surface area contributed by atoms with Crippen LogP contribution in [-0.2, 0) is 0 Å². The minimum absolute atomic E-state index is 0.0196. The molecule has 0 heterocycles. The zero-order valence-electron chi connectivity index (χ0n) is 11.8. The molecule has 1 unspecified atom stereocenters. The van der Waals surface area contributed by atoms with E-state index in [1.807, 2.05) is 30.3 Å². The Morgan fingerprint density at radius 1 is 1.24 bits per heavy atom. The third-order valence-electron chi connectivity index (χ3n) is 3.27. The lowest BCUT2D eigenvalue weighted by Gasteiger charge is -2.19. The van der Waals surface area contributed by atoms with Crippen molar-refractivity contribution in [3.8, 4) is 0 Å². The summed E-state index contributed by atoms with van der Waals surface area (Å²) in [6.07, 6.45) is 1.90. The minimum Gasteiger partial charge on any atom is -0.345 e. The maximum atomic E-state index is 12.4. The first-order chi connectivity index (χ1) is 10.1. The van der Waals surface area contributed by atoms with Gasteiger partial charge in [0.15, 0.2) is 0 Å². The molecule has 1 atom stereocenters. The monoisotopic (exact) mass is 365 g/mol. The normalized spacial score (nSPS) is 12.0. The average Bonchev–Trinajstić information content (AvgIpc) is 2.50. The molecule has 0 spiro atoms. The first-order valence-electron chi connectivity index (χ1n) is 6.92. The Balaban J connectivity index is 2.16. The Morgan fingerprint density at radius 3 is 2.57 bits per heavy atom. The molecule has 0 aliphatic heterocycles. The molecule has 2 rings (SSSR count). The van der Waals surface area contributed by atoms with E-state index in [1.54, 1.807) is 18.2 Å². The van der Waals surface area contributed by atoms with Gasteiger partial charge in [-0.05, 0) is 46.1 Å². The fraction of sp³-hybridized carbons (Fsp3) is 0.235. The van der Waals surface area contributed by atoms with Crippen molar-refractivity contribution in [1.29, 1.82) is 0 Å². The predicted molar refractivity (Wildman–Crippen MR) is 90.7 cm³/mol. The van der Waals surface area contributed by atoms with E-state index < -0.39 is 0 Å². The molecule has 0 bridgehead atoms. The highest BCUT2D eigenvalue weighted by molar-refractivity contribution is 9.10. The Labute approximate surface area is 138 Å². The van der Waals surface area contributed by atoms with Crippen molar-refractivity contribution in [3.05, 3.63) is 69.2 Å². The highest BCUT2D eigenvalue weighted by Crippen LogP contribution is 2.24. The topological polar surface area (TPSA) is 29.1 Å². The first-order valence-corrected chi connectivity index (χ1v) is 8.09. The second kappa shape index (κ2) is 7.62. The van der Waals surface area contributed by atoms with Gasteiger partial charge in [-0.2, -0.15) is 0 Å². The molecule has 0 fully saturated rings. The summed E-state index contributed by atoms with van der Waals surface area (Å²) < 4.78 is 0.786. The van der Waals surface area contributed by atoms with Gasteiger partial charge in [-0.25, -0.2) is 0 Å². The minimum atomic E-state index is -0.105. The number of carbonyl (C=O) groups is 1. The number of hydrogen-bond donors (Lipinski definition) is 1. The van der Waals surface area contributed by atoms with Gasteiger partial charge in [0.1, 0.15) is 0 Å². The fourth-order valence-electron chi connectivity index (χ4n) is 2.18. The summed E-state index contributed by atoms with van der Waals surface area (Å²) in [6, 6.07) is 15.3. The van der Waals surface area contributed by atoms with Gasteiger partial charge in [0.25, 0.3) is 5.91 Å². The van der Waals surface area contributed by atoms with Crippen LogP contribution in [-0.4, -0.2) is 5.91 Å². The molecule has 110 valence electrons. The fourth-order valence-corrected chi connectivity index (χ4v) is 2.60. The number of benzene rings is 2. The van der Waals surface area contributed by atoms with Gasteiger partial charge in [-0.1, -0.05) is 55.3 Å². The van der Waals surface area contributed by atoms with Gasteiger partial charge < -0.3 is 5.32 Å². The van der Waals surface area contributed by atoms with Gasteiger partial charge in [-0.15, -0.1) is 0 Å².